The first-order chi connectivity index (χ1) is 12.6. The number of ether oxygens (including phenoxy) is 1. The average molecular weight is 354 g/mol. The maximum atomic E-state index is 12.1. The van der Waals surface area contributed by atoms with Gasteiger partial charge in [0.2, 0.25) is 5.91 Å². The molecule has 138 valence electrons. The van der Waals surface area contributed by atoms with Crippen molar-refractivity contribution in [1.82, 2.24) is 19.8 Å². The van der Waals surface area contributed by atoms with Gasteiger partial charge in [0.15, 0.2) is 0 Å². The summed E-state index contributed by atoms with van der Waals surface area (Å²) in [5, 5.41) is 0. The molecule has 0 bridgehead atoms. The van der Waals surface area contributed by atoms with E-state index in [0.717, 1.165) is 48.6 Å². The van der Waals surface area contributed by atoms with Crippen molar-refractivity contribution in [2.24, 2.45) is 0 Å². The molecule has 1 saturated heterocycles. The molecular formula is C20H26N4O2. The number of aromatic nitrogens is 2. The molecule has 1 unspecified atom stereocenters. The van der Waals surface area contributed by atoms with Crippen molar-refractivity contribution in [2.75, 3.05) is 40.8 Å². The maximum absolute atomic E-state index is 12.1. The average Bonchev–Trinajstić information content (AvgIpc) is 2.68. The van der Waals surface area contributed by atoms with Crippen LogP contribution in [0.25, 0.3) is 11.3 Å². The molecule has 1 fully saturated rings. The van der Waals surface area contributed by atoms with Crippen LogP contribution in [0.2, 0.25) is 0 Å². The number of rotatable bonds is 5. The highest BCUT2D eigenvalue weighted by molar-refractivity contribution is 5.77. The molecule has 1 amide bonds. The Morgan fingerprint density at radius 3 is 2.81 bits per heavy atom. The zero-order valence-electron chi connectivity index (χ0n) is 15.7. The molecule has 26 heavy (non-hydrogen) atoms. The second-order valence-corrected chi connectivity index (χ2v) is 6.85. The fourth-order valence-electron chi connectivity index (χ4n) is 3.45. The van der Waals surface area contributed by atoms with Crippen molar-refractivity contribution in [3.63, 3.8) is 0 Å². The molecule has 2 aromatic rings. The number of hydrogen-bond acceptors (Lipinski definition) is 5. The van der Waals surface area contributed by atoms with Crippen molar-refractivity contribution < 1.29 is 9.53 Å². The number of likely N-dealkylation sites (N-methyl/N-ethyl adjacent to an activating group) is 1. The first-order valence-electron chi connectivity index (χ1n) is 8.97. The SMILES string of the molecule is COc1ccccc1-c1nccnc1C1CCCN(CC(=O)N(C)C)C1. The Hall–Kier alpha value is -2.47. The zero-order valence-corrected chi connectivity index (χ0v) is 15.7. The number of carbonyl (C=O) groups excluding carboxylic acids is 1. The van der Waals surface area contributed by atoms with Gasteiger partial charge in [0.1, 0.15) is 5.75 Å². The number of amides is 1. The lowest BCUT2D eigenvalue weighted by molar-refractivity contribution is -0.130. The van der Waals surface area contributed by atoms with Crippen LogP contribution in [0.3, 0.4) is 0 Å². The van der Waals surface area contributed by atoms with Crippen LogP contribution in [0.1, 0.15) is 24.5 Å². The van der Waals surface area contributed by atoms with E-state index < -0.39 is 0 Å². The van der Waals surface area contributed by atoms with E-state index in [1.54, 1.807) is 38.5 Å². The van der Waals surface area contributed by atoms with Crippen LogP contribution in [0.15, 0.2) is 36.7 Å². The Morgan fingerprint density at radius 2 is 2.04 bits per heavy atom. The largest absolute Gasteiger partial charge is 0.496 e. The number of piperidine rings is 1. The summed E-state index contributed by atoms with van der Waals surface area (Å²) < 4.78 is 5.51. The van der Waals surface area contributed by atoms with Crippen molar-refractivity contribution in [1.29, 1.82) is 0 Å². The Balaban J connectivity index is 1.87. The van der Waals surface area contributed by atoms with Crippen molar-refractivity contribution in [2.45, 2.75) is 18.8 Å². The van der Waals surface area contributed by atoms with Gasteiger partial charge < -0.3 is 9.64 Å². The van der Waals surface area contributed by atoms with Crippen LogP contribution in [0.5, 0.6) is 5.75 Å². The third kappa shape index (κ3) is 4.02. The van der Waals surface area contributed by atoms with Crippen LogP contribution in [-0.4, -0.2) is 66.5 Å². The summed E-state index contributed by atoms with van der Waals surface area (Å²) in [6.07, 6.45) is 5.57. The fraction of sp³-hybridized carbons (Fsp3) is 0.450. The highest BCUT2D eigenvalue weighted by Crippen LogP contribution is 2.35. The number of hydrogen-bond donors (Lipinski definition) is 0. The summed E-state index contributed by atoms with van der Waals surface area (Å²) in [5.41, 5.74) is 2.81. The highest BCUT2D eigenvalue weighted by atomic mass is 16.5. The molecule has 1 aliphatic rings. The smallest absolute Gasteiger partial charge is 0.236 e. The van der Waals surface area contributed by atoms with Crippen molar-refractivity contribution in [3.8, 4) is 17.0 Å². The molecule has 3 rings (SSSR count). The molecule has 1 aromatic heterocycles. The fourth-order valence-corrected chi connectivity index (χ4v) is 3.45. The first kappa shape index (κ1) is 18.3. The van der Waals surface area contributed by atoms with Gasteiger partial charge in [-0.1, -0.05) is 12.1 Å². The van der Waals surface area contributed by atoms with E-state index in [4.69, 9.17) is 4.74 Å². The standard InChI is InChI=1S/C20H26N4O2/c1-23(2)18(25)14-24-12-6-7-15(13-24)19-20(22-11-10-21-19)16-8-4-5-9-17(16)26-3/h4-5,8-11,15H,6-7,12-14H2,1-3H3. The predicted molar refractivity (Wildman–Crippen MR) is 101 cm³/mol. The molecule has 0 spiro atoms. The molecule has 0 aliphatic carbocycles. The molecule has 0 radical (unpaired) electrons. The molecule has 6 heteroatoms. The molecule has 0 saturated carbocycles. The number of nitrogens with zero attached hydrogens (tertiary/aromatic N) is 4. The van der Waals surface area contributed by atoms with Crippen LogP contribution in [-0.2, 0) is 4.79 Å². The van der Waals surface area contributed by atoms with Crippen molar-refractivity contribution in [3.05, 3.63) is 42.4 Å². The van der Waals surface area contributed by atoms with Crippen molar-refractivity contribution >= 4 is 5.91 Å². The lowest BCUT2D eigenvalue weighted by Crippen LogP contribution is -2.41. The Morgan fingerprint density at radius 1 is 1.27 bits per heavy atom. The molecule has 6 nitrogen and oxygen atoms in total. The lowest BCUT2D eigenvalue weighted by atomic mass is 9.91. The van der Waals surface area contributed by atoms with E-state index in [1.165, 1.54) is 0 Å². The summed E-state index contributed by atoms with van der Waals surface area (Å²) in [6, 6.07) is 7.89. The Kier molecular flexibility index (Phi) is 5.83. The molecule has 1 aromatic carbocycles. The van der Waals surface area contributed by atoms with Crippen LogP contribution in [0, 0.1) is 0 Å². The topological polar surface area (TPSA) is 58.6 Å². The van der Waals surface area contributed by atoms with Gasteiger partial charge in [-0.15, -0.1) is 0 Å². The molecule has 0 N–H and O–H groups in total. The van der Waals surface area contributed by atoms with E-state index in [2.05, 4.69) is 14.9 Å². The third-order valence-corrected chi connectivity index (χ3v) is 4.84. The van der Waals surface area contributed by atoms with Gasteiger partial charge in [-0.05, 0) is 31.5 Å². The highest BCUT2D eigenvalue weighted by Gasteiger charge is 2.27. The van der Waals surface area contributed by atoms with Gasteiger partial charge in [0.25, 0.3) is 0 Å². The monoisotopic (exact) mass is 354 g/mol. The third-order valence-electron chi connectivity index (χ3n) is 4.84. The van der Waals surface area contributed by atoms with Gasteiger partial charge in [-0.3, -0.25) is 19.7 Å². The van der Waals surface area contributed by atoms with E-state index >= 15 is 0 Å². The van der Waals surface area contributed by atoms with Gasteiger partial charge in [0.05, 0.1) is 25.0 Å². The number of carbonyl (C=O) groups is 1. The normalized spacial score (nSPS) is 17.7. The van der Waals surface area contributed by atoms with Gasteiger partial charge >= 0.3 is 0 Å². The van der Waals surface area contributed by atoms with Gasteiger partial charge in [0, 0.05) is 44.5 Å². The minimum atomic E-state index is 0.134. The number of methoxy groups -OCH3 is 1. The molecule has 1 aliphatic heterocycles. The maximum Gasteiger partial charge on any atom is 0.236 e. The number of para-hydroxylation sites is 1. The minimum absolute atomic E-state index is 0.134. The van der Waals surface area contributed by atoms with E-state index in [-0.39, 0.29) is 11.8 Å². The van der Waals surface area contributed by atoms with E-state index in [1.807, 2.05) is 24.3 Å². The van der Waals surface area contributed by atoms with Gasteiger partial charge in [-0.2, -0.15) is 0 Å². The molecular weight excluding hydrogens is 328 g/mol. The van der Waals surface area contributed by atoms with Crippen LogP contribution in [0.4, 0.5) is 0 Å². The zero-order chi connectivity index (χ0) is 18.5. The Labute approximate surface area is 154 Å². The van der Waals surface area contributed by atoms with E-state index in [9.17, 15) is 4.79 Å². The second kappa shape index (κ2) is 8.27. The second-order valence-electron chi connectivity index (χ2n) is 6.85. The quantitative estimate of drug-likeness (QED) is 0.825. The Bertz CT molecular complexity index is 763. The van der Waals surface area contributed by atoms with Crippen LogP contribution < -0.4 is 4.74 Å². The number of likely N-dealkylation sites (tertiary alicyclic amines) is 1. The first-order valence-corrected chi connectivity index (χ1v) is 8.97. The van der Waals surface area contributed by atoms with Gasteiger partial charge in [-0.25, -0.2) is 0 Å². The van der Waals surface area contributed by atoms with Crippen LogP contribution >= 0.6 is 0 Å². The summed E-state index contributed by atoms with van der Waals surface area (Å²) in [7, 11) is 5.27. The molecule has 1 atom stereocenters. The summed E-state index contributed by atoms with van der Waals surface area (Å²) in [4.78, 5) is 25.2. The molecule has 2 heterocycles. The summed E-state index contributed by atoms with van der Waals surface area (Å²) >= 11 is 0. The predicted octanol–water partition coefficient (Wildman–Crippen LogP) is 2.42. The van der Waals surface area contributed by atoms with E-state index in [0.29, 0.717) is 6.54 Å². The number of benzene rings is 1. The minimum Gasteiger partial charge on any atom is -0.496 e. The summed E-state index contributed by atoms with van der Waals surface area (Å²) in [5.74, 6) is 1.19. The summed E-state index contributed by atoms with van der Waals surface area (Å²) in [6.45, 7) is 2.22. The lowest BCUT2D eigenvalue weighted by Gasteiger charge is -2.33.